The number of carbonyl (C=O) groups is 1. The van der Waals surface area contributed by atoms with Crippen molar-refractivity contribution in [2.45, 2.75) is 26.1 Å². The van der Waals surface area contributed by atoms with Crippen LogP contribution in [0, 0.1) is 0 Å². The lowest BCUT2D eigenvalue weighted by atomic mass is 10.1. The van der Waals surface area contributed by atoms with Crippen LogP contribution in [0.5, 0.6) is 5.75 Å². The van der Waals surface area contributed by atoms with Crippen LogP contribution in [0.3, 0.4) is 0 Å². The van der Waals surface area contributed by atoms with E-state index in [9.17, 15) is 4.79 Å². The van der Waals surface area contributed by atoms with Crippen LogP contribution < -0.4 is 10.1 Å². The zero-order valence-electron chi connectivity index (χ0n) is 19.3. The first-order valence-electron chi connectivity index (χ1n) is 11.4. The monoisotopic (exact) mass is 455 g/mol. The van der Waals surface area contributed by atoms with Gasteiger partial charge < -0.3 is 14.5 Å². The molecule has 2 aromatic heterocycles. The third-order valence-electron chi connectivity index (χ3n) is 5.45. The molecule has 0 aliphatic rings. The summed E-state index contributed by atoms with van der Waals surface area (Å²) in [6.45, 7) is 2.55. The Kier molecular flexibility index (Phi) is 8.08. The zero-order valence-corrected chi connectivity index (χ0v) is 19.3. The van der Waals surface area contributed by atoms with Crippen molar-refractivity contribution in [3.63, 3.8) is 0 Å². The van der Waals surface area contributed by atoms with Crippen LogP contribution in [0.2, 0.25) is 0 Å². The van der Waals surface area contributed by atoms with Gasteiger partial charge in [0.25, 0.3) is 5.91 Å². The van der Waals surface area contributed by atoms with E-state index in [-0.39, 0.29) is 5.91 Å². The molecule has 6 nitrogen and oxygen atoms in total. The van der Waals surface area contributed by atoms with Crippen LogP contribution in [0.1, 0.15) is 33.1 Å². The van der Waals surface area contributed by atoms with E-state index in [1.54, 1.807) is 19.4 Å². The SMILES string of the molecule is COc1cccc(CN(Cc2ccccc2)Cc2ccc(C(=O)NCCc3ccccn3)o2)c1. The highest BCUT2D eigenvalue weighted by Gasteiger charge is 2.15. The van der Waals surface area contributed by atoms with Gasteiger partial charge in [-0.25, -0.2) is 0 Å². The van der Waals surface area contributed by atoms with Gasteiger partial charge in [-0.2, -0.15) is 0 Å². The van der Waals surface area contributed by atoms with Crippen molar-refractivity contribution in [2.24, 2.45) is 0 Å². The first-order valence-corrected chi connectivity index (χ1v) is 11.4. The Morgan fingerprint density at radius 1 is 0.912 bits per heavy atom. The second-order valence-electron chi connectivity index (χ2n) is 8.08. The van der Waals surface area contributed by atoms with E-state index in [2.05, 4.69) is 33.4 Å². The molecule has 1 amide bonds. The largest absolute Gasteiger partial charge is 0.497 e. The molecule has 4 aromatic rings. The Morgan fingerprint density at radius 3 is 2.50 bits per heavy atom. The smallest absolute Gasteiger partial charge is 0.287 e. The lowest BCUT2D eigenvalue weighted by Crippen LogP contribution is -2.25. The second-order valence-corrected chi connectivity index (χ2v) is 8.08. The molecule has 0 radical (unpaired) electrons. The fourth-order valence-corrected chi connectivity index (χ4v) is 3.78. The minimum atomic E-state index is -0.218. The summed E-state index contributed by atoms with van der Waals surface area (Å²) in [4.78, 5) is 19.1. The number of methoxy groups -OCH3 is 1. The summed E-state index contributed by atoms with van der Waals surface area (Å²) in [5.74, 6) is 1.68. The van der Waals surface area contributed by atoms with Crippen LogP contribution in [0.25, 0.3) is 0 Å². The minimum absolute atomic E-state index is 0.218. The molecule has 0 fully saturated rings. The van der Waals surface area contributed by atoms with Gasteiger partial charge in [0, 0.05) is 37.9 Å². The van der Waals surface area contributed by atoms with Crippen molar-refractivity contribution in [3.05, 3.63) is 119 Å². The van der Waals surface area contributed by atoms with Crippen LogP contribution in [-0.2, 0) is 26.1 Å². The summed E-state index contributed by atoms with van der Waals surface area (Å²) in [6, 6.07) is 27.8. The van der Waals surface area contributed by atoms with Crippen molar-refractivity contribution in [3.8, 4) is 5.75 Å². The molecular formula is C28H29N3O3. The standard InChI is InChI=1S/C28H29N3O3/c1-33-25-12-7-10-23(18-25)20-31(19-22-8-3-2-4-9-22)21-26-13-14-27(34-26)28(32)30-17-15-24-11-5-6-16-29-24/h2-14,16,18H,15,17,19-21H2,1H3,(H,30,32). The number of ether oxygens (including phenoxy) is 1. The molecule has 0 bridgehead atoms. The Labute approximate surface area is 200 Å². The van der Waals surface area contributed by atoms with Gasteiger partial charge in [-0.1, -0.05) is 48.5 Å². The number of hydrogen-bond acceptors (Lipinski definition) is 5. The molecule has 0 aliphatic heterocycles. The molecule has 2 heterocycles. The van der Waals surface area contributed by atoms with Gasteiger partial charge in [-0.05, 0) is 47.5 Å². The molecule has 0 aliphatic carbocycles. The normalized spacial score (nSPS) is 10.9. The molecule has 174 valence electrons. The molecule has 0 spiro atoms. The summed E-state index contributed by atoms with van der Waals surface area (Å²) in [5.41, 5.74) is 3.30. The number of benzene rings is 2. The van der Waals surface area contributed by atoms with Gasteiger partial charge in [0.15, 0.2) is 5.76 Å². The maximum Gasteiger partial charge on any atom is 0.287 e. The summed E-state index contributed by atoms with van der Waals surface area (Å²) >= 11 is 0. The van der Waals surface area contributed by atoms with E-state index in [1.807, 2.05) is 60.7 Å². The minimum Gasteiger partial charge on any atom is -0.497 e. The first kappa shape index (κ1) is 23.3. The highest BCUT2D eigenvalue weighted by Crippen LogP contribution is 2.19. The van der Waals surface area contributed by atoms with E-state index in [1.165, 1.54) is 5.56 Å². The highest BCUT2D eigenvalue weighted by molar-refractivity contribution is 5.91. The summed E-state index contributed by atoms with van der Waals surface area (Å²) in [5, 5.41) is 2.91. The predicted molar refractivity (Wildman–Crippen MR) is 131 cm³/mol. The van der Waals surface area contributed by atoms with Gasteiger partial charge in [0.1, 0.15) is 11.5 Å². The van der Waals surface area contributed by atoms with Gasteiger partial charge in [0.05, 0.1) is 13.7 Å². The summed E-state index contributed by atoms with van der Waals surface area (Å²) < 4.78 is 11.3. The third kappa shape index (κ3) is 6.80. The molecule has 6 heteroatoms. The van der Waals surface area contributed by atoms with E-state index in [4.69, 9.17) is 9.15 Å². The van der Waals surface area contributed by atoms with E-state index < -0.39 is 0 Å². The Balaban J connectivity index is 1.39. The van der Waals surface area contributed by atoms with Crippen molar-refractivity contribution >= 4 is 5.91 Å². The van der Waals surface area contributed by atoms with Gasteiger partial charge >= 0.3 is 0 Å². The third-order valence-corrected chi connectivity index (χ3v) is 5.45. The molecule has 0 unspecified atom stereocenters. The Bertz CT molecular complexity index is 1180. The van der Waals surface area contributed by atoms with Crippen molar-refractivity contribution in [1.82, 2.24) is 15.2 Å². The fraction of sp³-hybridized carbons (Fsp3) is 0.214. The molecular weight excluding hydrogens is 426 g/mol. The number of carbonyl (C=O) groups excluding carboxylic acids is 1. The molecule has 4 rings (SSSR count). The average Bonchev–Trinajstić information content (AvgIpc) is 3.34. The predicted octanol–water partition coefficient (Wildman–Crippen LogP) is 4.86. The summed E-state index contributed by atoms with van der Waals surface area (Å²) in [7, 11) is 1.67. The van der Waals surface area contributed by atoms with Gasteiger partial charge in [-0.15, -0.1) is 0 Å². The molecule has 0 saturated heterocycles. The quantitative estimate of drug-likeness (QED) is 0.350. The lowest BCUT2D eigenvalue weighted by Gasteiger charge is -2.22. The molecule has 34 heavy (non-hydrogen) atoms. The van der Waals surface area contributed by atoms with E-state index in [0.717, 1.165) is 35.9 Å². The number of nitrogens with zero attached hydrogens (tertiary/aromatic N) is 2. The topological polar surface area (TPSA) is 67.6 Å². The average molecular weight is 456 g/mol. The van der Waals surface area contributed by atoms with Crippen LogP contribution >= 0.6 is 0 Å². The number of hydrogen-bond donors (Lipinski definition) is 1. The number of nitrogens with one attached hydrogen (secondary N) is 1. The Hall–Kier alpha value is -3.90. The van der Waals surface area contributed by atoms with Crippen molar-refractivity contribution in [1.29, 1.82) is 0 Å². The number of pyridine rings is 1. The number of amides is 1. The maximum atomic E-state index is 12.5. The van der Waals surface area contributed by atoms with E-state index in [0.29, 0.717) is 25.3 Å². The molecule has 2 aromatic carbocycles. The van der Waals surface area contributed by atoms with E-state index >= 15 is 0 Å². The van der Waals surface area contributed by atoms with Crippen molar-refractivity contribution < 1.29 is 13.9 Å². The highest BCUT2D eigenvalue weighted by atomic mass is 16.5. The number of furan rings is 1. The second kappa shape index (κ2) is 11.8. The van der Waals surface area contributed by atoms with Gasteiger partial charge in [-0.3, -0.25) is 14.7 Å². The van der Waals surface area contributed by atoms with Crippen molar-refractivity contribution in [2.75, 3.05) is 13.7 Å². The van der Waals surface area contributed by atoms with Crippen LogP contribution in [0.4, 0.5) is 0 Å². The summed E-state index contributed by atoms with van der Waals surface area (Å²) in [6.07, 6.45) is 2.42. The molecule has 0 atom stereocenters. The maximum absolute atomic E-state index is 12.5. The first-order chi connectivity index (χ1) is 16.7. The lowest BCUT2D eigenvalue weighted by molar-refractivity contribution is 0.0922. The zero-order chi connectivity index (χ0) is 23.6. The Morgan fingerprint density at radius 2 is 1.71 bits per heavy atom. The molecule has 0 saturated carbocycles. The van der Waals surface area contributed by atoms with Crippen LogP contribution in [0.15, 0.2) is 95.5 Å². The van der Waals surface area contributed by atoms with Crippen LogP contribution in [-0.4, -0.2) is 29.4 Å². The fourth-order valence-electron chi connectivity index (χ4n) is 3.78. The number of rotatable bonds is 11. The van der Waals surface area contributed by atoms with Gasteiger partial charge in [0.2, 0.25) is 0 Å². The molecule has 1 N–H and O–H groups in total. The number of aromatic nitrogens is 1.